The number of carboxylic acids is 1. The minimum Gasteiger partial charge on any atom is -0.478 e. The topological polar surface area (TPSA) is 52.6 Å². The molecule has 0 spiro atoms. The molecule has 0 atom stereocenters. The Morgan fingerprint density at radius 3 is 2.60 bits per heavy atom. The Hall–Kier alpha value is -1.55. The van der Waals surface area contributed by atoms with E-state index in [2.05, 4.69) is 24.1 Å². The zero-order valence-electron chi connectivity index (χ0n) is 12.3. The molecule has 4 nitrogen and oxygen atoms in total. The molecule has 2 rings (SSSR count). The van der Waals surface area contributed by atoms with Crippen LogP contribution in [0.2, 0.25) is 0 Å². The number of nitrogens with one attached hydrogen (secondary N) is 1. The Bertz CT molecular complexity index is 452. The number of anilines is 1. The first-order valence-electron chi connectivity index (χ1n) is 7.37. The van der Waals surface area contributed by atoms with Crippen LogP contribution in [0.4, 0.5) is 5.69 Å². The number of nitrogens with zero attached hydrogens (tertiary/aromatic N) is 1. The van der Waals surface area contributed by atoms with Crippen LogP contribution in [-0.2, 0) is 0 Å². The Morgan fingerprint density at radius 1 is 1.35 bits per heavy atom. The van der Waals surface area contributed by atoms with Crippen molar-refractivity contribution in [3.63, 3.8) is 0 Å². The van der Waals surface area contributed by atoms with Gasteiger partial charge in [0.05, 0.1) is 5.56 Å². The molecule has 0 saturated carbocycles. The summed E-state index contributed by atoms with van der Waals surface area (Å²) in [6.45, 7) is 7.81. The molecule has 0 radical (unpaired) electrons. The van der Waals surface area contributed by atoms with Gasteiger partial charge in [0.2, 0.25) is 0 Å². The van der Waals surface area contributed by atoms with E-state index in [4.69, 9.17) is 0 Å². The molecule has 1 aliphatic heterocycles. The van der Waals surface area contributed by atoms with Gasteiger partial charge in [0.1, 0.15) is 0 Å². The molecule has 0 aromatic heterocycles. The summed E-state index contributed by atoms with van der Waals surface area (Å²) in [5.41, 5.74) is 1.10. The van der Waals surface area contributed by atoms with Crippen LogP contribution in [0.5, 0.6) is 0 Å². The van der Waals surface area contributed by atoms with Gasteiger partial charge in [-0.25, -0.2) is 4.79 Å². The molecule has 0 unspecified atom stereocenters. The van der Waals surface area contributed by atoms with E-state index in [0.29, 0.717) is 17.5 Å². The number of para-hydroxylation sites is 1. The molecular formula is C16H24N2O2. The predicted octanol–water partition coefficient (Wildman–Crippen LogP) is 2.92. The van der Waals surface area contributed by atoms with E-state index in [1.54, 1.807) is 12.1 Å². The highest BCUT2D eigenvalue weighted by molar-refractivity contribution is 5.94. The van der Waals surface area contributed by atoms with Gasteiger partial charge in [-0.2, -0.15) is 0 Å². The van der Waals surface area contributed by atoms with Crippen molar-refractivity contribution in [1.29, 1.82) is 0 Å². The minimum absolute atomic E-state index is 0.358. The molecule has 1 aliphatic rings. The van der Waals surface area contributed by atoms with Gasteiger partial charge in [-0.1, -0.05) is 26.0 Å². The maximum atomic E-state index is 11.2. The van der Waals surface area contributed by atoms with E-state index < -0.39 is 5.97 Å². The lowest BCUT2D eigenvalue weighted by atomic mass is 10.0. The highest BCUT2D eigenvalue weighted by Gasteiger charge is 2.20. The highest BCUT2D eigenvalue weighted by atomic mass is 16.4. The monoisotopic (exact) mass is 276 g/mol. The van der Waals surface area contributed by atoms with E-state index in [9.17, 15) is 9.90 Å². The molecule has 0 bridgehead atoms. The zero-order chi connectivity index (χ0) is 14.5. The molecule has 1 heterocycles. The number of benzene rings is 1. The third-order valence-electron chi connectivity index (χ3n) is 3.73. The van der Waals surface area contributed by atoms with Crippen LogP contribution in [0.3, 0.4) is 0 Å². The largest absolute Gasteiger partial charge is 0.478 e. The maximum absolute atomic E-state index is 11.2. The Morgan fingerprint density at radius 2 is 2.00 bits per heavy atom. The molecule has 1 saturated heterocycles. The number of rotatable bonds is 5. The van der Waals surface area contributed by atoms with Crippen molar-refractivity contribution < 1.29 is 9.90 Å². The molecule has 2 N–H and O–H groups in total. The molecule has 20 heavy (non-hydrogen) atoms. The van der Waals surface area contributed by atoms with Gasteiger partial charge in [-0.3, -0.25) is 0 Å². The van der Waals surface area contributed by atoms with Crippen LogP contribution in [-0.4, -0.2) is 41.7 Å². The van der Waals surface area contributed by atoms with Crippen molar-refractivity contribution in [2.24, 2.45) is 5.92 Å². The SMILES string of the molecule is CC(C)CN1CCC(Nc2ccccc2C(=O)O)CC1. The van der Waals surface area contributed by atoms with E-state index in [1.165, 1.54) is 0 Å². The van der Waals surface area contributed by atoms with Crippen LogP contribution in [0.1, 0.15) is 37.0 Å². The lowest BCUT2D eigenvalue weighted by molar-refractivity contribution is 0.0698. The number of hydrogen-bond acceptors (Lipinski definition) is 3. The van der Waals surface area contributed by atoms with Crippen LogP contribution >= 0.6 is 0 Å². The predicted molar refractivity (Wildman–Crippen MR) is 81.3 cm³/mol. The first-order valence-corrected chi connectivity index (χ1v) is 7.37. The van der Waals surface area contributed by atoms with E-state index in [1.807, 2.05) is 12.1 Å². The second-order valence-electron chi connectivity index (χ2n) is 5.96. The summed E-state index contributed by atoms with van der Waals surface area (Å²) in [6, 6.07) is 7.52. The molecule has 0 amide bonds. The van der Waals surface area contributed by atoms with E-state index >= 15 is 0 Å². The fourth-order valence-corrected chi connectivity index (χ4v) is 2.79. The molecule has 110 valence electrons. The fourth-order valence-electron chi connectivity index (χ4n) is 2.79. The van der Waals surface area contributed by atoms with Crippen molar-refractivity contribution >= 4 is 11.7 Å². The molecule has 1 fully saturated rings. The summed E-state index contributed by atoms with van der Waals surface area (Å²) in [4.78, 5) is 13.7. The smallest absolute Gasteiger partial charge is 0.337 e. The second-order valence-corrected chi connectivity index (χ2v) is 5.96. The van der Waals surface area contributed by atoms with Gasteiger partial charge in [0.25, 0.3) is 0 Å². The number of hydrogen-bond donors (Lipinski definition) is 2. The van der Waals surface area contributed by atoms with Crippen molar-refractivity contribution in [3.05, 3.63) is 29.8 Å². The van der Waals surface area contributed by atoms with Crippen molar-refractivity contribution in [2.45, 2.75) is 32.7 Å². The first kappa shape index (κ1) is 14.9. The van der Waals surface area contributed by atoms with Gasteiger partial charge in [-0.15, -0.1) is 0 Å². The summed E-state index contributed by atoms with van der Waals surface area (Å²) >= 11 is 0. The molecule has 1 aromatic rings. The molecule has 4 heteroatoms. The summed E-state index contributed by atoms with van der Waals surface area (Å²) in [5.74, 6) is -0.169. The van der Waals surface area contributed by atoms with Crippen molar-refractivity contribution in [2.75, 3.05) is 25.0 Å². The van der Waals surface area contributed by atoms with E-state index in [0.717, 1.165) is 38.2 Å². The summed E-state index contributed by atoms with van der Waals surface area (Å²) < 4.78 is 0. The number of carboxylic acid groups (broad SMARTS) is 1. The second kappa shape index (κ2) is 6.75. The highest BCUT2D eigenvalue weighted by Crippen LogP contribution is 2.20. The lowest BCUT2D eigenvalue weighted by Crippen LogP contribution is -2.40. The first-order chi connectivity index (χ1) is 9.56. The van der Waals surface area contributed by atoms with E-state index in [-0.39, 0.29) is 0 Å². The third kappa shape index (κ3) is 3.97. The Labute approximate surface area is 120 Å². The average Bonchev–Trinajstić information content (AvgIpc) is 2.41. The van der Waals surface area contributed by atoms with Gasteiger partial charge in [-0.05, 0) is 30.9 Å². The molecule has 1 aromatic carbocycles. The van der Waals surface area contributed by atoms with Crippen molar-refractivity contribution in [3.8, 4) is 0 Å². The number of likely N-dealkylation sites (tertiary alicyclic amines) is 1. The maximum Gasteiger partial charge on any atom is 0.337 e. The lowest BCUT2D eigenvalue weighted by Gasteiger charge is -2.34. The number of piperidine rings is 1. The third-order valence-corrected chi connectivity index (χ3v) is 3.73. The molecule has 0 aliphatic carbocycles. The van der Waals surface area contributed by atoms with Gasteiger partial charge >= 0.3 is 5.97 Å². The van der Waals surface area contributed by atoms with Crippen molar-refractivity contribution in [1.82, 2.24) is 4.90 Å². The average molecular weight is 276 g/mol. The van der Waals surface area contributed by atoms with Crippen LogP contribution < -0.4 is 5.32 Å². The van der Waals surface area contributed by atoms with Gasteiger partial charge in [0.15, 0.2) is 0 Å². The van der Waals surface area contributed by atoms with Crippen LogP contribution in [0.25, 0.3) is 0 Å². The standard InChI is InChI=1S/C16H24N2O2/c1-12(2)11-18-9-7-13(8-10-18)17-15-6-4-3-5-14(15)16(19)20/h3-6,12-13,17H,7-11H2,1-2H3,(H,19,20). The summed E-state index contributed by atoms with van der Waals surface area (Å²) in [7, 11) is 0. The number of carbonyl (C=O) groups is 1. The minimum atomic E-state index is -0.870. The number of aromatic carboxylic acids is 1. The quantitative estimate of drug-likeness (QED) is 0.868. The Balaban J connectivity index is 1.91. The van der Waals surface area contributed by atoms with Gasteiger partial charge in [0, 0.05) is 31.4 Å². The van der Waals surface area contributed by atoms with Crippen LogP contribution in [0.15, 0.2) is 24.3 Å². The van der Waals surface area contributed by atoms with Crippen LogP contribution in [0, 0.1) is 5.92 Å². The summed E-state index contributed by atoms with van der Waals surface area (Å²) in [6.07, 6.45) is 2.14. The summed E-state index contributed by atoms with van der Waals surface area (Å²) in [5, 5.41) is 12.6. The normalized spacial score (nSPS) is 17.4. The molecular weight excluding hydrogens is 252 g/mol. The van der Waals surface area contributed by atoms with Gasteiger partial charge < -0.3 is 15.3 Å². The fraction of sp³-hybridized carbons (Fsp3) is 0.562. The zero-order valence-corrected chi connectivity index (χ0v) is 12.3. The Kier molecular flexibility index (Phi) is 5.01.